The van der Waals surface area contributed by atoms with Crippen LogP contribution in [-0.2, 0) is 0 Å². The van der Waals surface area contributed by atoms with E-state index < -0.39 is 5.97 Å². The van der Waals surface area contributed by atoms with Crippen molar-refractivity contribution in [2.24, 2.45) is 0 Å². The quantitative estimate of drug-likeness (QED) is 0.776. The van der Waals surface area contributed by atoms with Crippen molar-refractivity contribution in [3.05, 3.63) is 54.5 Å². The van der Waals surface area contributed by atoms with Gasteiger partial charge in [-0.2, -0.15) is 5.10 Å². The van der Waals surface area contributed by atoms with Crippen LogP contribution in [0.3, 0.4) is 0 Å². The van der Waals surface area contributed by atoms with E-state index in [4.69, 9.17) is 9.84 Å². The van der Waals surface area contributed by atoms with Crippen LogP contribution in [-0.4, -0.2) is 25.7 Å². The Hall–Kier alpha value is -2.89. The summed E-state index contributed by atoms with van der Waals surface area (Å²) in [6.07, 6.45) is 4.84. The molecule has 0 saturated carbocycles. The van der Waals surface area contributed by atoms with E-state index in [1.807, 2.05) is 0 Å². The van der Waals surface area contributed by atoms with Gasteiger partial charge in [-0.1, -0.05) is 12.1 Å². The lowest BCUT2D eigenvalue weighted by atomic mass is 10.2. The summed E-state index contributed by atoms with van der Waals surface area (Å²) in [5.74, 6) is -0.485. The fraction of sp³-hybridized carbons (Fsp3) is 0. The highest BCUT2D eigenvalue weighted by molar-refractivity contribution is 5.91. The number of carboxylic acid groups (broad SMARTS) is 1. The SMILES string of the molecule is O=C(O)c1ccccc1Oc1nccn2nccc12. The lowest BCUT2D eigenvalue weighted by Gasteiger charge is -2.08. The Labute approximate surface area is 107 Å². The minimum absolute atomic E-state index is 0.0887. The maximum Gasteiger partial charge on any atom is 0.339 e. The highest BCUT2D eigenvalue weighted by Gasteiger charge is 2.13. The molecule has 0 aliphatic carbocycles. The van der Waals surface area contributed by atoms with Gasteiger partial charge >= 0.3 is 5.97 Å². The molecule has 2 heterocycles. The van der Waals surface area contributed by atoms with Crippen LogP contribution in [0, 0.1) is 0 Å². The van der Waals surface area contributed by atoms with Crippen molar-refractivity contribution in [3.8, 4) is 11.6 Å². The minimum Gasteiger partial charge on any atom is -0.478 e. The van der Waals surface area contributed by atoms with Crippen LogP contribution in [0.5, 0.6) is 11.6 Å². The Morgan fingerprint density at radius 3 is 2.89 bits per heavy atom. The van der Waals surface area contributed by atoms with Crippen molar-refractivity contribution in [1.82, 2.24) is 14.6 Å². The Morgan fingerprint density at radius 1 is 1.21 bits per heavy atom. The molecule has 94 valence electrons. The Kier molecular flexibility index (Phi) is 2.60. The topological polar surface area (TPSA) is 76.7 Å². The average Bonchev–Trinajstić information content (AvgIpc) is 2.88. The Balaban J connectivity index is 2.06. The molecule has 1 aromatic carbocycles. The van der Waals surface area contributed by atoms with Crippen molar-refractivity contribution in [1.29, 1.82) is 0 Å². The molecule has 0 aliphatic heterocycles. The molecule has 0 bridgehead atoms. The number of carboxylic acids is 1. The zero-order chi connectivity index (χ0) is 13.2. The Morgan fingerprint density at radius 2 is 2.05 bits per heavy atom. The summed E-state index contributed by atoms with van der Waals surface area (Å²) in [4.78, 5) is 15.2. The first-order valence-corrected chi connectivity index (χ1v) is 5.54. The van der Waals surface area contributed by atoms with E-state index in [2.05, 4.69) is 10.1 Å². The van der Waals surface area contributed by atoms with Crippen molar-refractivity contribution in [2.45, 2.75) is 0 Å². The van der Waals surface area contributed by atoms with Gasteiger partial charge in [0.05, 0.1) is 6.20 Å². The van der Waals surface area contributed by atoms with Gasteiger partial charge in [-0.15, -0.1) is 0 Å². The smallest absolute Gasteiger partial charge is 0.339 e. The van der Waals surface area contributed by atoms with Crippen LogP contribution < -0.4 is 4.74 Å². The predicted octanol–water partition coefficient (Wildman–Crippen LogP) is 2.22. The molecule has 19 heavy (non-hydrogen) atoms. The number of aromatic carboxylic acids is 1. The Bertz CT molecular complexity index is 751. The van der Waals surface area contributed by atoms with Gasteiger partial charge in [0, 0.05) is 12.4 Å². The van der Waals surface area contributed by atoms with E-state index in [0.717, 1.165) is 0 Å². The van der Waals surface area contributed by atoms with Gasteiger partial charge in [-0.05, 0) is 18.2 Å². The normalized spacial score (nSPS) is 10.5. The molecule has 2 aromatic heterocycles. The summed E-state index contributed by atoms with van der Waals surface area (Å²) in [7, 11) is 0. The van der Waals surface area contributed by atoms with Crippen molar-refractivity contribution in [2.75, 3.05) is 0 Å². The predicted molar refractivity (Wildman–Crippen MR) is 66.5 cm³/mol. The van der Waals surface area contributed by atoms with Crippen LogP contribution >= 0.6 is 0 Å². The minimum atomic E-state index is -1.05. The summed E-state index contributed by atoms with van der Waals surface area (Å²) in [6.45, 7) is 0. The summed E-state index contributed by atoms with van der Waals surface area (Å²) in [6, 6.07) is 8.16. The number of carbonyl (C=O) groups is 1. The highest BCUT2D eigenvalue weighted by atomic mass is 16.5. The molecule has 6 nitrogen and oxygen atoms in total. The van der Waals surface area contributed by atoms with Gasteiger partial charge in [-0.25, -0.2) is 14.3 Å². The van der Waals surface area contributed by atoms with Gasteiger partial charge in [0.15, 0.2) is 0 Å². The fourth-order valence-electron chi connectivity index (χ4n) is 1.75. The number of benzene rings is 1. The van der Waals surface area contributed by atoms with E-state index in [1.165, 1.54) is 6.07 Å². The largest absolute Gasteiger partial charge is 0.478 e. The second-order valence-electron chi connectivity index (χ2n) is 3.80. The monoisotopic (exact) mass is 255 g/mol. The summed E-state index contributed by atoms with van der Waals surface area (Å²) in [5, 5.41) is 13.2. The number of rotatable bonds is 3. The van der Waals surface area contributed by atoms with E-state index in [1.54, 1.807) is 47.4 Å². The molecular formula is C13H9N3O3. The number of hydrogen-bond acceptors (Lipinski definition) is 4. The maximum atomic E-state index is 11.1. The first-order valence-electron chi connectivity index (χ1n) is 5.54. The van der Waals surface area contributed by atoms with Crippen LogP contribution in [0.25, 0.3) is 5.52 Å². The van der Waals surface area contributed by atoms with E-state index in [9.17, 15) is 4.79 Å². The van der Waals surface area contributed by atoms with Gasteiger partial charge in [0.25, 0.3) is 0 Å². The third kappa shape index (κ3) is 1.99. The van der Waals surface area contributed by atoms with Crippen LogP contribution in [0.15, 0.2) is 48.9 Å². The number of para-hydroxylation sites is 1. The number of fused-ring (bicyclic) bond motifs is 1. The molecular weight excluding hydrogens is 246 g/mol. The molecule has 3 aromatic rings. The summed E-state index contributed by atoms with van der Waals surface area (Å²) >= 11 is 0. The van der Waals surface area contributed by atoms with Crippen LogP contribution in [0.1, 0.15) is 10.4 Å². The van der Waals surface area contributed by atoms with Gasteiger partial charge in [-0.3, -0.25) is 0 Å². The van der Waals surface area contributed by atoms with Crippen LogP contribution in [0.4, 0.5) is 0 Å². The van der Waals surface area contributed by atoms with Gasteiger partial charge in [0.1, 0.15) is 16.8 Å². The lowest BCUT2D eigenvalue weighted by Crippen LogP contribution is -2.01. The summed E-state index contributed by atoms with van der Waals surface area (Å²) < 4.78 is 7.19. The molecule has 0 amide bonds. The number of ether oxygens (including phenoxy) is 1. The molecule has 1 N–H and O–H groups in total. The third-order valence-corrected chi connectivity index (χ3v) is 2.61. The molecule has 0 unspecified atom stereocenters. The molecule has 6 heteroatoms. The molecule has 0 aliphatic rings. The first kappa shape index (κ1) is 11.2. The number of nitrogens with zero attached hydrogens (tertiary/aromatic N) is 3. The zero-order valence-electron chi connectivity index (χ0n) is 9.72. The zero-order valence-corrected chi connectivity index (χ0v) is 9.72. The standard InChI is InChI=1S/C13H9N3O3/c17-13(18)9-3-1-2-4-11(9)19-12-10-5-6-15-16(10)8-7-14-12/h1-8H,(H,17,18). The van der Waals surface area contributed by atoms with Crippen molar-refractivity contribution >= 4 is 11.5 Å². The van der Waals surface area contributed by atoms with E-state index in [-0.39, 0.29) is 11.3 Å². The number of hydrogen-bond donors (Lipinski definition) is 1. The molecule has 0 atom stereocenters. The molecule has 0 fully saturated rings. The second-order valence-corrected chi connectivity index (χ2v) is 3.80. The molecule has 0 saturated heterocycles. The third-order valence-electron chi connectivity index (χ3n) is 2.61. The lowest BCUT2D eigenvalue weighted by molar-refractivity contribution is 0.0694. The maximum absolute atomic E-state index is 11.1. The molecule has 3 rings (SSSR count). The molecule has 0 radical (unpaired) electrons. The van der Waals surface area contributed by atoms with Gasteiger partial charge in [0.2, 0.25) is 5.88 Å². The average molecular weight is 255 g/mol. The second kappa shape index (κ2) is 4.41. The van der Waals surface area contributed by atoms with E-state index in [0.29, 0.717) is 11.4 Å². The highest BCUT2D eigenvalue weighted by Crippen LogP contribution is 2.26. The van der Waals surface area contributed by atoms with Crippen molar-refractivity contribution < 1.29 is 14.6 Å². The van der Waals surface area contributed by atoms with Gasteiger partial charge < -0.3 is 9.84 Å². The fourth-order valence-corrected chi connectivity index (χ4v) is 1.75. The van der Waals surface area contributed by atoms with E-state index >= 15 is 0 Å². The first-order chi connectivity index (χ1) is 9.25. The summed E-state index contributed by atoms with van der Waals surface area (Å²) in [5.41, 5.74) is 0.758. The molecule has 0 spiro atoms. The number of aromatic nitrogens is 3. The van der Waals surface area contributed by atoms with Crippen LogP contribution in [0.2, 0.25) is 0 Å². The van der Waals surface area contributed by atoms with Crippen molar-refractivity contribution in [3.63, 3.8) is 0 Å².